The van der Waals surface area contributed by atoms with Gasteiger partial charge in [-0.15, -0.1) is 0 Å². The second-order valence-corrected chi connectivity index (χ2v) is 7.71. The van der Waals surface area contributed by atoms with Gasteiger partial charge in [-0.1, -0.05) is 11.6 Å². The second kappa shape index (κ2) is 5.94. The van der Waals surface area contributed by atoms with Gasteiger partial charge in [0, 0.05) is 21.2 Å². The van der Waals surface area contributed by atoms with Gasteiger partial charge in [0.05, 0.1) is 11.4 Å². The van der Waals surface area contributed by atoms with E-state index >= 15 is 0 Å². The van der Waals surface area contributed by atoms with Crippen molar-refractivity contribution in [2.45, 2.75) is 18.9 Å². The third kappa shape index (κ3) is 4.56. The molecule has 0 atom stereocenters. The average molecular weight is 401 g/mol. The zero-order chi connectivity index (χ0) is 13.2. The molecular weight excluding hydrogens is 387 g/mol. The maximum atomic E-state index is 11.9. The van der Waals surface area contributed by atoms with E-state index in [1.54, 1.807) is 18.2 Å². The topological polar surface area (TPSA) is 58.2 Å². The highest BCUT2D eigenvalue weighted by Gasteiger charge is 2.21. The van der Waals surface area contributed by atoms with Gasteiger partial charge in [-0.25, -0.2) is 8.42 Å². The van der Waals surface area contributed by atoms with Gasteiger partial charge >= 0.3 is 0 Å². The number of halogens is 2. The lowest BCUT2D eigenvalue weighted by Crippen LogP contribution is -2.28. The minimum Gasteiger partial charge on any atom is -0.313 e. The number of hydrogen-bond acceptors (Lipinski definition) is 3. The standard InChI is InChI=1S/C11H14ClIN2O2S/c12-8-1-4-11(10(13)7-8)15-18(16,17)6-5-14-9-2-3-9/h1,4,7,9,14-15H,2-3,5-6H2. The summed E-state index contributed by atoms with van der Waals surface area (Å²) < 4.78 is 27.1. The summed E-state index contributed by atoms with van der Waals surface area (Å²) >= 11 is 7.88. The SMILES string of the molecule is O=S(=O)(CCNC1CC1)Nc1ccc(Cl)cc1I. The zero-order valence-corrected chi connectivity index (χ0v) is 13.3. The van der Waals surface area contributed by atoms with Crippen LogP contribution in [-0.2, 0) is 10.0 Å². The molecule has 1 fully saturated rings. The molecular formula is C11H14ClIN2O2S. The van der Waals surface area contributed by atoms with Crippen LogP contribution in [0.15, 0.2) is 18.2 Å². The first kappa shape index (κ1) is 14.4. The lowest BCUT2D eigenvalue weighted by Gasteiger charge is -2.10. The van der Waals surface area contributed by atoms with Crippen molar-refractivity contribution < 1.29 is 8.42 Å². The van der Waals surface area contributed by atoms with E-state index in [0.717, 1.165) is 16.4 Å². The first-order valence-corrected chi connectivity index (χ1v) is 8.76. The van der Waals surface area contributed by atoms with E-state index in [1.807, 2.05) is 0 Å². The molecule has 0 unspecified atom stereocenters. The molecule has 0 bridgehead atoms. The maximum Gasteiger partial charge on any atom is 0.234 e. The Balaban J connectivity index is 1.93. The van der Waals surface area contributed by atoms with Crippen molar-refractivity contribution in [1.82, 2.24) is 5.32 Å². The Kier molecular flexibility index (Phi) is 4.74. The predicted octanol–water partition coefficient (Wildman–Crippen LogP) is 2.44. The zero-order valence-electron chi connectivity index (χ0n) is 9.62. The Morgan fingerprint density at radius 2 is 2.11 bits per heavy atom. The van der Waals surface area contributed by atoms with Gasteiger partial charge in [0.1, 0.15) is 0 Å². The van der Waals surface area contributed by atoms with Crippen molar-refractivity contribution in [3.05, 3.63) is 26.8 Å². The molecule has 0 aliphatic heterocycles. The Morgan fingerprint density at radius 3 is 2.72 bits per heavy atom. The van der Waals surface area contributed by atoms with Crippen LogP contribution in [0.1, 0.15) is 12.8 Å². The van der Waals surface area contributed by atoms with Gasteiger partial charge < -0.3 is 5.32 Å². The summed E-state index contributed by atoms with van der Waals surface area (Å²) in [6, 6.07) is 5.60. The molecule has 1 aromatic carbocycles. The number of anilines is 1. The molecule has 18 heavy (non-hydrogen) atoms. The lowest BCUT2D eigenvalue weighted by atomic mass is 10.3. The summed E-state index contributed by atoms with van der Waals surface area (Å²) in [7, 11) is -3.30. The van der Waals surface area contributed by atoms with Gasteiger partial charge in [-0.05, 0) is 53.6 Å². The first-order valence-electron chi connectivity index (χ1n) is 5.65. The molecule has 1 saturated carbocycles. The summed E-state index contributed by atoms with van der Waals surface area (Å²) in [5.74, 6) is 0.0855. The molecule has 0 aromatic heterocycles. The molecule has 1 aromatic rings. The van der Waals surface area contributed by atoms with Crippen molar-refractivity contribution in [2.24, 2.45) is 0 Å². The van der Waals surface area contributed by atoms with Gasteiger partial charge in [0.2, 0.25) is 10.0 Å². The normalized spacial score (nSPS) is 15.7. The molecule has 0 saturated heterocycles. The number of benzene rings is 1. The molecule has 4 nitrogen and oxygen atoms in total. The van der Waals surface area contributed by atoms with Crippen LogP contribution in [0.3, 0.4) is 0 Å². The largest absolute Gasteiger partial charge is 0.313 e. The fourth-order valence-electron chi connectivity index (χ4n) is 1.48. The van der Waals surface area contributed by atoms with Crippen LogP contribution in [0.2, 0.25) is 5.02 Å². The minimum absolute atomic E-state index is 0.0855. The fraction of sp³-hybridized carbons (Fsp3) is 0.455. The van der Waals surface area contributed by atoms with E-state index in [0.29, 0.717) is 23.3 Å². The molecule has 1 aliphatic rings. The quantitative estimate of drug-likeness (QED) is 0.721. The van der Waals surface area contributed by atoms with Crippen LogP contribution >= 0.6 is 34.2 Å². The van der Waals surface area contributed by atoms with Crippen molar-refractivity contribution >= 4 is 49.9 Å². The van der Waals surface area contributed by atoms with Gasteiger partial charge in [-0.3, -0.25) is 4.72 Å². The van der Waals surface area contributed by atoms with E-state index in [4.69, 9.17) is 11.6 Å². The smallest absolute Gasteiger partial charge is 0.234 e. The number of sulfonamides is 1. The lowest BCUT2D eigenvalue weighted by molar-refractivity contribution is 0.595. The number of rotatable bonds is 6. The van der Waals surface area contributed by atoms with Crippen LogP contribution in [0.25, 0.3) is 0 Å². The summed E-state index contributed by atoms with van der Waals surface area (Å²) in [5, 5.41) is 3.78. The average Bonchev–Trinajstić information content (AvgIpc) is 3.06. The molecule has 0 heterocycles. The van der Waals surface area contributed by atoms with Gasteiger partial charge in [-0.2, -0.15) is 0 Å². The Hall–Kier alpha value is -0.0500. The number of hydrogen-bond donors (Lipinski definition) is 2. The highest BCUT2D eigenvalue weighted by Crippen LogP contribution is 2.23. The number of nitrogens with one attached hydrogen (secondary N) is 2. The van der Waals surface area contributed by atoms with Crippen LogP contribution in [0.4, 0.5) is 5.69 Å². The summed E-state index contributed by atoms with van der Waals surface area (Å²) in [6.45, 7) is 0.490. The van der Waals surface area contributed by atoms with Crippen molar-refractivity contribution in [1.29, 1.82) is 0 Å². The molecule has 0 amide bonds. The van der Waals surface area contributed by atoms with E-state index in [2.05, 4.69) is 32.6 Å². The van der Waals surface area contributed by atoms with E-state index in [1.165, 1.54) is 0 Å². The molecule has 0 radical (unpaired) electrons. The molecule has 0 spiro atoms. The maximum absolute atomic E-state index is 11.9. The van der Waals surface area contributed by atoms with E-state index in [-0.39, 0.29) is 5.75 Å². The van der Waals surface area contributed by atoms with Gasteiger partial charge in [0.25, 0.3) is 0 Å². The highest BCUT2D eigenvalue weighted by atomic mass is 127. The van der Waals surface area contributed by atoms with Crippen molar-refractivity contribution in [3.63, 3.8) is 0 Å². The summed E-state index contributed by atoms with van der Waals surface area (Å²) in [5.41, 5.74) is 0.575. The third-order valence-corrected chi connectivity index (χ3v) is 4.98. The fourth-order valence-corrected chi connectivity index (χ4v) is 3.67. The molecule has 2 N–H and O–H groups in total. The Bertz CT molecular complexity index is 532. The summed E-state index contributed by atoms with van der Waals surface area (Å²) in [6.07, 6.45) is 2.31. The monoisotopic (exact) mass is 400 g/mol. The van der Waals surface area contributed by atoms with Crippen molar-refractivity contribution in [3.8, 4) is 0 Å². The van der Waals surface area contributed by atoms with E-state index in [9.17, 15) is 8.42 Å². The van der Waals surface area contributed by atoms with Crippen LogP contribution in [0, 0.1) is 3.57 Å². The third-order valence-electron chi connectivity index (χ3n) is 2.58. The molecule has 100 valence electrons. The second-order valence-electron chi connectivity index (χ2n) is 4.27. The Morgan fingerprint density at radius 1 is 1.39 bits per heavy atom. The van der Waals surface area contributed by atoms with Crippen LogP contribution in [-0.4, -0.2) is 26.8 Å². The highest BCUT2D eigenvalue weighted by molar-refractivity contribution is 14.1. The molecule has 2 rings (SSSR count). The summed E-state index contributed by atoms with van der Waals surface area (Å²) in [4.78, 5) is 0. The predicted molar refractivity (Wildman–Crippen MR) is 82.6 cm³/mol. The molecule has 1 aliphatic carbocycles. The van der Waals surface area contributed by atoms with Crippen LogP contribution in [0.5, 0.6) is 0 Å². The van der Waals surface area contributed by atoms with Crippen LogP contribution < -0.4 is 10.0 Å². The van der Waals surface area contributed by atoms with E-state index < -0.39 is 10.0 Å². The first-order chi connectivity index (χ1) is 8.46. The Labute approximate surface area is 126 Å². The minimum atomic E-state index is -3.30. The van der Waals surface area contributed by atoms with Crippen molar-refractivity contribution in [2.75, 3.05) is 17.0 Å². The van der Waals surface area contributed by atoms with Gasteiger partial charge in [0.15, 0.2) is 0 Å². The molecule has 7 heteroatoms.